The largest absolute Gasteiger partial charge is 0.493 e. The van der Waals surface area contributed by atoms with E-state index in [1.807, 2.05) is 16.8 Å². The molecule has 0 radical (unpaired) electrons. The molecule has 1 aromatic carbocycles. The van der Waals surface area contributed by atoms with Crippen LogP contribution in [-0.2, 0) is 13.1 Å². The summed E-state index contributed by atoms with van der Waals surface area (Å²) in [6.07, 6.45) is 2.05. The molecule has 0 fully saturated rings. The molecule has 2 heterocycles. The molecule has 0 bridgehead atoms. The van der Waals surface area contributed by atoms with Crippen molar-refractivity contribution in [1.82, 2.24) is 15.1 Å². The molecule has 0 spiro atoms. The lowest BCUT2D eigenvalue weighted by atomic mass is 10.0. The highest BCUT2D eigenvalue weighted by Crippen LogP contribution is 2.34. The molecule has 1 unspecified atom stereocenters. The number of hydrogen-bond donors (Lipinski definition) is 1. The summed E-state index contributed by atoms with van der Waals surface area (Å²) < 4.78 is 7.74. The third-order valence-electron chi connectivity index (χ3n) is 3.59. The summed E-state index contributed by atoms with van der Waals surface area (Å²) in [7, 11) is 0. The Morgan fingerprint density at radius 2 is 2.20 bits per heavy atom. The first-order valence-corrected chi connectivity index (χ1v) is 7.20. The molecule has 0 saturated heterocycles. The van der Waals surface area contributed by atoms with E-state index in [2.05, 4.69) is 48.7 Å². The molecule has 1 atom stereocenters. The molecule has 0 aliphatic carbocycles. The molecule has 1 N–H and O–H groups in total. The van der Waals surface area contributed by atoms with Crippen molar-refractivity contribution in [3.05, 3.63) is 47.8 Å². The van der Waals surface area contributed by atoms with Crippen molar-refractivity contribution < 1.29 is 4.74 Å². The highest BCUT2D eigenvalue weighted by Gasteiger charge is 2.24. The van der Waals surface area contributed by atoms with Gasteiger partial charge in [-0.25, -0.2) is 0 Å². The fourth-order valence-corrected chi connectivity index (χ4v) is 2.51. The number of ether oxygens (including phenoxy) is 1. The van der Waals surface area contributed by atoms with Crippen molar-refractivity contribution in [3.8, 4) is 5.75 Å². The highest BCUT2D eigenvalue weighted by atomic mass is 16.5. The van der Waals surface area contributed by atoms with Crippen LogP contribution >= 0.6 is 0 Å². The van der Waals surface area contributed by atoms with Gasteiger partial charge in [0.2, 0.25) is 0 Å². The van der Waals surface area contributed by atoms with Crippen LogP contribution < -0.4 is 10.1 Å². The van der Waals surface area contributed by atoms with Crippen LogP contribution in [0.5, 0.6) is 5.75 Å². The number of hydrogen-bond acceptors (Lipinski definition) is 3. The molecular formula is C16H21N3O. The summed E-state index contributed by atoms with van der Waals surface area (Å²) in [5.74, 6) is 1.42. The molecule has 2 aromatic rings. The molecule has 0 saturated carbocycles. The minimum Gasteiger partial charge on any atom is -0.493 e. The third kappa shape index (κ3) is 2.85. The lowest BCUT2D eigenvalue weighted by Gasteiger charge is -2.09. The normalized spacial score (nSPS) is 17.2. The van der Waals surface area contributed by atoms with Crippen molar-refractivity contribution in [2.24, 2.45) is 0 Å². The van der Waals surface area contributed by atoms with E-state index in [0.717, 1.165) is 31.1 Å². The van der Waals surface area contributed by atoms with Crippen molar-refractivity contribution >= 4 is 0 Å². The maximum Gasteiger partial charge on any atom is 0.122 e. The zero-order valence-corrected chi connectivity index (χ0v) is 12.0. The molecule has 1 aliphatic rings. The van der Waals surface area contributed by atoms with E-state index in [9.17, 15) is 0 Å². The molecule has 106 valence electrons. The Morgan fingerprint density at radius 1 is 1.35 bits per heavy atom. The minimum atomic E-state index is 0.400. The highest BCUT2D eigenvalue weighted by molar-refractivity contribution is 5.39. The fraction of sp³-hybridized carbons (Fsp3) is 0.438. The Balaban J connectivity index is 1.64. The van der Waals surface area contributed by atoms with Gasteiger partial charge in [0, 0.05) is 30.3 Å². The van der Waals surface area contributed by atoms with Crippen LogP contribution in [-0.4, -0.2) is 22.4 Å². The predicted octanol–water partition coefficient (Wildman–Crippen LogP) is 2.56. The molecule has 1 aliphatic heterocycles. The van der Waals surface area contributed by atoms with E-state index < -0.39 is 0 Å². The number of aromatic nitrogens is 2. The SMILES string of the molecule is CC(C)NCc1ccn(CC2COc3ccccc32)n1. The minimum absolute atomic E-state index is 0.400. The maximum absolute atomic E-state index is 5.72. The summed E-state index contributed by atoms with van der Waals surface area (Å²) in [4.78, 5) is 0. The van der Waals surface area contributed by atoms with Gasteiger partial charge < -0.3 is 10.1 Å². The lowest BCUT2D eigenvalue weighted by molar-refractivity contribution is 0.314. The second-order valence-electron chi connectivity index (χ2n) is 5.61. The van der Waals surface area contributed by atoms with Crippen LogP contribution in [0.15, 0.2) is 36.5 Å². The smallest absolute Gasteiger partial charge is 0.122 e. The van der Waals surface area contributed by atoms with Crippen LogP contribution in [0.1, 0.15) is 31.0 Å². The molecule has 4 nitrogen and oxygen atoms in total. The lowest BCUT2D eigenvalue weighted by Crippen LogP contribution is -2.22. The van der Waals surface area contributed by atoms with Crippen molar-refractivity contribution in [3.63, 3.8) is 0 Å². The third-order valence-corrected chi connectivity index (χ3v) is 3.59. The first kappa shape index (κ1) is 13.2. The zero-order chi connectivity index (χ0) is 13.9. The Morgan fingerprint density at radius 3 is 3.05 bits per heavy atom. The van der Waals surface area contributed by atoms with Gasteiger partial charge in [0.25, 0.3) is 0 Å². The summed E-state index contributed by atoms with van der Waals surface area (Å²) in [5.41, 5.74) is 2.38. The van der Waals surface area contributed by atoms with Crippen molar-refractivity contribution in [2.45, 2.75) is 38.9 Å². The second kappa shape index (κ2) is 5.67. The van der Waals surface area contributed by atoms with E-state index >= 15 is 0 Å². The van der Waals surface area contributed by atoms with Gasteiger partial charge in [0.1, 0.15) is 5.75 Å². The Bertz CT molecular complexity index is 577. The van der Waals surface area contributed by atoms with E-state index in [0.29, 0.717) is 12.0 Å². The fourth-order valence-electron chi connectivity index (χ4n) is 2.51. The molecule has 20 heavy (non-hydrogen) atoms. The van der Waals surface area contributed by atoms with E-state index in [-0.39, 0.29) is 0 Å². The van der Waals surface area contributed by atoms with Gasteiger partial charge in [0.15, 0.2) is 0 Å². The van der Waals surface area contributed by atoms with Crippen LogP contribution in [0.25, 0.3) is 0 Å². The number of fused-ring (bicyclic) bond motifs is 1. The average molecular weight is 271 g/mol. The summed E-state index contributed by atoms with van der Waals surface area (Å²) >= 11 is 0. The summed E-state index contributed by atoms with van der Waals surface area (Å²) in [5, 5.41) is 8.00. The van der Waals surface area contributed by atoms with Gasteiger partial charge in [-0.05, 0) is 12.1 Å². The van der Waals surface area contributed by atoms with Crippen LogP contribution in [0.3, 0.4) is 0 Å². The number of nitrogens with one attached hydrogen (secondary N) is 1. The van der Waals surface area contributed by atoms with Crippen LogP contribution in [0, 0.1) is 0 Å². The Hall–Kier alpha value is -1.81. The van der Waals surface area contributed by atoms with Crippen molar-refractivity contribution in [1.29, 1.82) is 0 Å². The Kier molecular flexibility index (Phi) is 3.74. The monoisotopic (exact) mass is 271 g/mol. The Labute approximate surface area is 119 Å². The second-order valence-corrected chi connectivity index (χ2v) is 5.61. The predicted molar refractivity (Wildman–Crippen MR) is 78.9 cm³/mol. The number of nitrogens with zero attached hydrogens (tertiary/aromatic N) is 2. The molecule has 3 rings (SSSR count). The zero-order valence-electron chi connectivity index (χ0n) is 12.0. The van der Waals surface area contributed by atoms with Gasteiger partial charge in [-0.2, -0.15) is 5.10 Å². The van der Waals surface area contributed by atoms with Gasteiger partial charge in [-0.15, -0.1) is 0 Å². The van der Waals surface area contributed by atoms with Crippen LogP contribution in [0.2, 0.25) is 0 Å². The van der Waals surface area contributed by atoms with Crippen molar-refractivity contribution in [2.75, 3.05) is 6.61 Å². The first-order valence-electron chi connectivity index (χ1n) is 7.20. The standard InChI is InChI=1S/C16H21N3O/c1-12(2)17-9-14-7-8-19(18-14)10-13-11-20-16-6-4-3-5-15(13)16/h3-8,12-13,17H,9-11H2,1-2H3. The molecule has 4 heteroatoms. The van der Waals surface area contributed by atoms with Gasteiger partial charge in [-0.3, -0.25) is 4.68 Å². The average Bonchev–Trinajstić information content (AvgIpc) is 3.05. The van der Waals surface area contributed by atoms with Gasteiger partial charge in [-0.1, -0.05) is 32.0 Å². The molecular weight excluding hydrogens is 250 g/mol. The van der Waals surface area contributed by atoms with Gasteiger partial charge >= 0.3 is 0 Å². The maximum atomic E-state index is 5.72. The molecule has 1 aromatic heterocycles. The van der Waals surface area contributed by atoms with E-state index in [4.69, 9.17) is 4.74 Å². The quantitative estimate of drug-likeness (QED) is 0.908. The van der Waals surface area contributed by atoms with E-state index in [1.165, 1.54) is 5.56 Å². The van der Waals surface area contributed by atoms with Gasteiger partial charge in [0.05, 0.1) is 18.8 Å². The number of benzene rings is 1. The first-order chi connectivity index (χ1) is 9.72. The molecule has 0 amide bonds. The number of para-hydroxylation sites is 1. The topological polar surface area (TPSA) is 39.1 Å². The van der Waals surface area contributed by atoms with E-state index in [1.54, 1.807) is 0 Å². The van der Waals surface area contributed by atoms with Crippen LogP contribution in [0.4, 0.5) is 0 Å². The summed E-state index contributed by atoms with van der Waals surface area (Å²) in [6.45, 7) is 6.73. The summed E-state index contributed by atoms with van der Waals surface area (Å²) in [6, 6.07) is 10.8. The number of rotatable bonds is 5.